The molecule has 1 heterocycles. The summed E-state index contributed by atoms with van der Waals surface area (Å²) in [6.07, 6.45) is 1.28. The fourth-order valence-corrected chi connectivity index (χ4v) is 3.06. The molecule has 8 nitrogen and oxygen atoms in total. The van der Waals surface area contributed by atoms with Crippen LogP contribution in [0, 0.1) is 6.92 Å². The number of carbonyl (C=O) groups is 3. The van der Waals surface area contributed by atoms with E-state index in [2.05, 4.69) is 25.9 Å². The summed E-state index contributed by atoms with van der Waals surface area (Å²) in [5.41, 5.74) is 2.85. The van der Waals surface area contributed by atoms with Crippen molar-refractivity contribution < 1.29 is 14.4 Å². The molecule has 0 saturated heterocycles. The van der Waals surface area contributed by atoms with Gasteiger partial charge in [0.2, 0.25) is 0 Å². The number of carbonyl (C=O) groups excluding carboxylic acids is 3. The normalized spacial score (nSPS) is 10.4. The van der Waals surface area contributed by atoms with E-state index in [1.165, 1.54) is 13.4 Å². The van der Waals surface area contributed by atoms with Gasteiger partial charge in [-0.05, 0) is 42.3 Å². The van der Waals surface area contributed by atoms with Crippen molar-refractivity contribution in [3.8, 4) is 0 Å². The zero-order valence-corrected chi connectivity index (χ0v) is 17.1. The highest BCUT2D eigenvalue weighted by Gasteiger charge is 2.19. The Kier molecular flexibility index (Phi) is 6.48. The van der Waals surface area contributed by atoms with Crippen molar-refractivity contribution in [2.24, 2.45) is 0 Å². The number of benzene rings is 2. The fourth-order valence-electron chi connectivity index (χ4n) is 2.74. The average Bonchev–Trinajstić information content (AvgIpc) is 3.22. The SMILES string of the molecule is CNC(=O)c1[nH]cnc1C(=O)Nc1ccc(CNC(=O)c2ccc(C)cc2Cl)cc1. The average molecular weight is 426 g/mol. The molecule has 4 N–H and O–H groups in total. The number of halogens is 1. The second-order valence-electron chi connectivity index (χ2n) is 6.52. The number of amides is 3. The maximum Gasteiger partial charge on any atom is 0.276 e. The second-order valence-corrected chi connectivity index (χ2v) is 6.93. The van der Waals surface area contributed by atoms with E-state index in [4.69, 9.17) is 11.6 Å². The molecule has 0 unspecified atom stereocenters. The third kappa shape index (κ3) is 4.84. The van der Waals surface area contributed by atoms with Gasteiger partial charge in [0.15, 0.2) is 5.69 Å². The largest absolute Gasteiger partial charge is 0.354 e. The monoisotopic (exact) mass is 425 g/mol. The summed E-state index contributed by atoms with van der Waals surface area (Å²) in [5.74, 6) is -1.21. The van der Waals surface area contributed by atoms with Crippen LogP contribution in [0.1, 0.15) is 42.5 Å². The topological polar surface area (TPSA) is 116 Å². The molecular formula is C21H20ClN5O3. The molecule has 0 fully saturated rings. The molecule has 1 aromatic heterocycles. The van der Waals surface area contributed by atoms with Gasteiger partial charge in [0.1, 0.15) is 5.69 Å². The van der Waals surface area contributed by atoms with E-state index in [-0.39, 0.29) is 17.3 Å². The number of anilines is 1. The standard InChI is InChI=1S/C21H20ClN5O3/c1-12-3-8-15(16(22)9-12)19(28)24-10-13-4-6-14(7-5-13)27-21(30)18-17(20(29)23-2)25-11-26-18/h3-9,11H,10H2,1-2H3,(H,23,29)(H,24,28)(H,25,26)(H,27,30). The number of hydrogen-bond donors (Lipinski definition) is 4. The molecule has 0 atom stereocenters. The molecule has 0 spiro atoms. The van der Waals surface area contributed by atoms with Crippen molar-refractivity contribution in [1.29, 1.82) is 0 Å². The Bertz CT molecular complexity index is 1090. The molecule has 0 aliphatic carbocycles. The number of nitrogens with zero attached hydrogens (tertiary/aromatic N) is 1. The first-order valence-corrected chi connectivity index (χ1v) is 9.47. The van der Waals surface area contributed by atoms with Crippen LogP contribution in [-0.2, 0) is 6.54 Å². The van der Waals surface area contributed by atoms with E-state index >= 15 is 0 Å². The van der Waals surface area contributed by atoms with Gasteiger partial charge in [-0.2, -0.15) is 0 Å². The first-order valence-electron chi connectivity index (χ1n) is 9.09. The number of rotatable bonds is 6. The molecule has 0 aliphatic rings. The molecular weight excluding hydrogens is 406 g/mol. The second kappa shape index (κ2) is 9.23. The molecule has 2 aromatic carbocycles. The number of hydrogen-bond acceptors (Lipinski definition) is 4. The van der Waals surface area contributed by atoms with Gasteiger partial charge in [-0.1, -0.05) is 29.8 Å². The van der Waals surface area contributed by atoms with Crippen LogP contribution in [0.15, 0.2) is 48.8 Å². The van der Waals surface area contributed by atoms with Crippen LogP contribution in [0.25, 0.3) is 0 Å². The minimum atomic E-state index is -0.509. The Morgan fingerprint density at radius 3 is 2.43 bits per heavy atom. The summed E-state index contributed by atoms with van der Waals surface area (Å²) in [5, 5.41) is 8.35. The van der Waals surface area contributed by atoms with E-state index < -0.39 is 11.8 Å². The van der Waals surface area contributed by atoms with Gasteiger partial charge in [0.25, 0.3) is 17.7 Å². The van der Waals surface area contributed by atoms with E-state index in [9.17, 15) is 14.4 Å². The lowest BCUT2D eigenvalue weighted by atomic mass is 10.1. The van der Waals surface area contributed by atoms with Gasteiger partial charge in [-0.25, -0.2) is 4.98 Å². The number of aromatic nitrogens is 2. The van der Waals surface area contributed by atoms with Gasteiger partial charge in [-0.3, -0.25) is 14.4 Å². The summed E-state index contributed by atoms with van der Waals surface area (Å²) < 4.78 is 0. The Morgan fingerprint density at radius 1 is 1.03 bits per heavy atom. The maximum absolute atomic E-state index is 12.4. The lowest BCUT2D eigenvalue weighted by molar-refractivity contribution is 0.0941. The smallest absolute Gasteiger partial charge is 0.276 e. The highest BCUT2D eigenvalue weighted by Crippen LogP contribution is 2.18. The minimum absolute atomic E-state index is 0.000617. The summed E-state index contributed by atoms with van der Waals surface area (Å²) >= 11 is 6.12. The van der Waals surface area contributed by atoms with Crippen LogP contribution in [0.3, 0.4) is 0 Å². The van der Waals surface area contributed by atoms with Crippen molar-refractivity contribution >= 4 is 35.0 Å². The summed E-state index contributed by atoms with van der Waals surface area (Å²) in [4.78, 5) is 43.0. The first kappa shape index (κ1) is 21.1. The summed E-state index contributed by atoms with van der Waals surface area (Å²) in [7, 11) is 1.47. The highest BCUT2D eigenvalue weighted by atomic mass is 35.5. The lowest BCUT2D eigenvalue weighted by Crippen LogP contribution is -2.24. The summed E-state index contributed by atoms with van der Waals surface area (Å²) in [6, 6.07) is 12.2. The van der Waals surface area contributed by atoms with Crippen LogP contribution < -0.4 is 16.0 Å². The quantitative estimate of drug-likeness (QED) is 0.486. The zero-order chi connectivity index (χ0) is 21.7. The number of aryl methyl sites for hydroxylation is 1. The molecule has 3 aromatic rings. The minimum Gasteiger partial charge on any atom is -0.354 e. The van der Waals surface area contributed by atoms with Crippen LogP contribution >= 0.6 is 11.6 Å². The predicted molar refractivity (Wildman–Crippen MR) is 114 cm³/mol. The van der Waals surface area contributed by atoms with E-state index in [0.29, 0.717) is 22.8 Å². The van der Waals surface area contributed by atoms with Crippen molar-refractivity contribution in [2.45, 2.75) is 13.5 Å². The highest BCUT2D eigenvalue weighted by molar-refractivity contribution is 6.33. The molecule has 3 rings (SSSR count). The van der Waals surface area contributed by atoms with Crippen LogP contribution in [0.4, 0.5) is 5.69 Å². The van der Waals surface area contributed by atoms with Crippen molar-refractivity contribution in [2.75, 3.05) is 12.4 Å². The fraction of sp³-hybridized carbons (Fsp3) is 0.143. The predicted octanol–water partition coefficient (Wildman–Crippen LogP) is 2.91. The first-order chi connectivity index (χ1) is 14.4. The van der Waals surface area contributed by atoms with Crippen molar-refractivity contribution in [3.63, 3.8) is 0 Å². The van der Waals surface area contributed by atoms with Gasteiger partial charge < -0.3 is 20.9 Å². The molecule has 0 aliphatic heterocycles. The number of imidazole rings is 1. The Morgan fingerprint density at radius 2 is 1.77 bits per heavy atom. The maximum atomic E-state index is 12.4. The van der Waals surface area contributed by atoms with Gasteiger partial charge >= 0.3 is 0 Å². The van der Waals surface area contributed by atoms with Crippen LogP contribution in [-0.4, -0.2) is 34.7 Å². The van der Waals surface area contributed by atoms with Crippen molar-refractivity contribution in [3.05, 3.63) is 81.9 Å². The molecule has 9 heteroatoms. The van der Waals surface area contributed by atoms with Gasteiger partial charge in [0, 0.05) is 19.3 Å². The Balaban J connectivity index is 1.60. The molecule has 0 bridgehead atoms. The van der Waals surface area contributed by atoms with E-state index in [1.54, 1.807) is 36.4 Å². The molecule has 0 radical (unpaired) electrons. The summed E-state index contributed by atoms with van der Waals surface area (Å²) in [6.45, 7) is 2.21. The molecule has 30 heavy (non-hydrogen) atoms. The van der Waals surface area contributed by atoms with Gasteiger partial charge in [0.05, 0.1) is 16.9 Å². The molecule has 3 amide bonds. The van der Waals surface area contributed by atoms with E-state index in [0.717, 1.165) is 11.1 Å². The number of aromatic amines is 1. The lowest BCUT2D eigenvalue weighted by Gasteiger charge is -2.09. The third-order valence-corrected chi connectivity index (χ3v) is 4.66. The Labute approximate surface area is 178 Å². The van der Waals surface area contributed by atoms with Gasteiger partial charge in [-0.15, -0.1) is 0 Å². The zero-order valence-electron chi connectivity index (χ0n) is 16.4. The van der Waals surface area contributed by atoms with Crippen LogP contribution in [0.5, 0.6) is 0 Å². The number of nitrogens with one attached hydrogen (secondary N) is 4. The van der Waals surface area contributed by atoms with Crippen molar-refractivity contribution in [1.82, 2.24) is 20.6 Å². The third-order valence-electron chi connectivity index (χ3n) is 4.34. The molecule has 154 valence electrons. The van der Waals surface area contributed by atoms with E-state index in [1.807, 2.05) is 13.0 Å². The Hall–Kier alpha value is -3.65. The van der Waals surface area contributed by atoms with Crippen LogP contribution in [0.2, 0.25) is 5.02 Å². The molecule has 0 saturated carbocycles. The number of H-pyrrole nitrogens is 1.